The van der Waals surface area contributed by atoms with Crippen LogP contribution in [0.3, 0.4) is 0 Å². The van der Waals surface area contributed by atoms with E-state index in [1.165, 1.54) is 12.1 Å². The van der Waals surface area contributed by atoms with Crippen LogP contribution in [-0.4, -0.2) is 57.6 Å². The second-order valence-corrected chi connectivity index (χ2v) is 7.73. The normalized spacial score (nSPS) is 15.7. The largest absolute Gasteiger partial charge is 0.497 e. The molecule has 3 N–H and O–H groups in total. The van der Waals surface area contributed by atoms with Crippen molar-refractivity contribution in [2.75, 3.05) is 38.2 Å². The fraction of sp³-hybridized carbons (Fsp3) is 0.278. The number of piperazine rings is 1. The fourth-order valence-corrected chi connectivity index (χ4v) is 3.58. The van der Waals surface area contributed by atoms with Gasteiger partial charge in [0, 0.05) is 37.4 Å². The molecule has 0 atom stereocenters. The van der Waals surface area contributed by atoms with Crippen LogP contribution in [0, 0.1) is 0 Å². The Balaban J connectivity index is 1.67. The second kappa shape index (κ2) is 7.85. The minimum Gasteiger partial charge on any atom is -0.497 e. The van der Waals surface area contributed by atoms with Gasteiger partial charge in [-0.15, -0.1) is 0 Å². The van der Waals surface area contributed by atoms with Crippen molar-refractivity contribution in [1.29, 1.82) is 0 Å². The lowest BCUT2D eigenvalue weighted by molar-refractivity contribution is 0.296. The summed E-state index contributed by atoms with van der Waals surface area (Å²) in [6, 6.07) is 13.9. The van der Waals surface area contributed by atoms with E-state index in [-0.39, 0.29) is 4.90 Å². The fourth-order valence-electron chi connectivity index (χ4n) is 3.07. The number of sulfonamides is 1. The Morgan fingerprint density at radius 1 is 1.04 bits per heavy atom. The molecule has 3 rings (SSSR count). The molecule has 0 unspecified atom stereocenters. The number of rotatable bonds is 4. The van der Waals surface area contributed by atoms with Crippen molar-refractivity contribution in [3.05, 3.63) is 54.1 Å². The van der Waals surface area contributed by atoms with E-state index in [1.807, 2.05) is 29.2 Å². The first-order chi connectivity index (χ1) is 12.9. The number of ether oxygens (including phenoxy) is 1. The molecular weight excluding hydrogens is 368 g/mol. The van der Waals surface area contributed by atoms with Crippen molar-refractivity contribution >= 4 is 21.5 Å². The van der Waals surface area contributed by atoms with E-state index in [1.54, 1.807) is 19.2 Å². The van der Waals surface area contributed by atoms with Crippen LogP contribution < -0.4 is 14.8 Å². The van der Waals surface area contributed by atoms with Crippen molar-refractivity contribution in [3.63, 3.8) is 0 Å². The predicted octanol–water partition coefficient (Wildman–Crippen LogP) is 1.30. The Bertz CT molecular complexity index is 903. The topological polar surface area (TPSA) is 108 Å². The maximum Gasteiger partial charge on any atom is 0.238 e. The van der Waals surface area contributed by atoms with Gasteiger partial charge in [0.1, 0.15) is 5.75 Å². The van der Waals surface area contributed by atoms with Crippen molar-refractivity contribution < 1.29 is 18.4 Å². The summed E-state index contributed by atoms with van der Waals surface area (Å²) in [5.41, 5.74) is 1.73. The molecule has 2 aromatic rings. The van der Waals surface area contributed by atoms with Crippen LogP contribution in [0.25, 0.3) is 0 Å². The number of hydrogen-bond acceptors (Lipinski definition) is 6. The van der Waals surface area contributed by atoms with E-state index < -0.39 is 10.0 Å². The van der Waals surface area contributed by atoms with Crippen LogP contribution in [0.2, 0.25) is 0 Å². The average Bonchev–Trinajstić information content (AvgIpc) is 2.69. The molecule has 1 saturated heterocycles. The minimum atomic E-state index is -3.69. The van der Waals surface area contributed by atoms with E-state index >= 15 is 0 Å². The molecule has 0 aliphatic carbocycles. The summed E-state index contributed by atoms with van der Waals surface area (Å²) >= 11 is 0. The molecular formula is C18H22N4O4S. The van der Waals surface area contributed by atoms with Gasteiger partial charge >= 0.3 is 0 Å². The number of nitrogens with two attached hydrogens (primary N) is 1. The van der Waals surface area contributed by atoms with Gasteiger partial charge in [0.25, 0.3) is 0 Å². The van der Waals surface area contributed by atoms with E-state index in [0.29, 0.717) is 32.0 Å². The summed E-state index contributed by atoms with van der Waals surface area (Å²) < 4.78 is 27.9. The predicted molar refractivity (Wildman–Crippen MR) is 103 cm³/mol. The van der Waals surface area contributed by atoms with E-state index in [9.17, 15) is 13.6 Å². The molecule has 0 aromatic heterocycles. The number of hydrogen-bond donors (Lipinski definition) is 2. The summed E-state index contributed by atoms with van der Waals surface area (Å²) in [7, 11) is -2.09. The number of amidine groups is 1. The molecule has 8 nitrogen and oxygen atoms in total. The Hall–Kier alpha value is -2.78. The van der Waals surface area contributed by atoms with Gasteiger partial charge in [-0.2, -0.15) is 0 Å². The van der Waals surface area contributed by atoms with Gasteiger partial charge in [-0.1, -0.05) is 5.16 Å². The highest BCUT2D eigenvalue weighted by molar-refractivity contribution is 7.89. The molecule has 1 fully saturated rings. The van der Waals surface area contributed by atoms with Crippen molar-refractivity contribution in [2.24, 2.45) is 10.3 Å². The summed E-state index contributed by atoms with van der Waals surface area (Å²) in [5, 5.41) is 18.1. The maximum atomic E-state index is 11.4. The first-order valence-electron chi connectivity index (χ1n) is 8.41. The van der Waals surface area contributed by atoms with E-state index in [0.717, 1.165) is 17.0 Å². The number of benzene rings is 2. The molecule has 0 amide bonds. The third kappa shape index (κ3) is 4.32. The molecule has 144 valence electrons. The molecule has 1 heterocycles. The van der Waals surface area contributed by atoms with Crippen LogP contribution in [0.1, 0.15) is 5.56 Å². The molecule has 0 saturated carbocycles. The standard InChI is InChI=1S/C18H22N4O4S/c1-26-16-6-2-14(3-7-16)18(20-23)22-12-10-21(11-13-22)15-4-8-17(9-5-15)27(19,24)25/h2-9,23H,10-13H2,1H3,(H2,19,24,25)/b20-18+. The summed E-state index contributed by atoms with van der Waals surface area (Å²) in [4.78, 5) is 4.25. The van der Waals surface area contributed by atoms with Gasteiger partial charge in [-0.3, -0.25) is 0 Å². The average molecular weight is 390 g/mol. The maximum absolute atomic E-state index is 11.4. The first-order valence-corrected chi connectivity index (χ1v) is 9.96. The molecule has 1 aliphatic heterocycles. The minimum absolute atomic E-state index is 0.0964. The molecule has 1 aliphatic rings. The number of anilines is 1. The van der Waals surface area contributed by atoms with Crippen molar-refractivity contribution in [2.45, 2.75) is 4.90 Å². The highest BCUT2D eigenvalue weighted by atomic mass is 32.2. The zero-order valence-corrected chi connectivity index (χ0v) is 15.8. The Labute approximate surface area is 158 Å². The summed E-state index contributed by atoms with van der Waals surface area (Å²) in [6.07, 6.45) is 0. The van der Waals surface area contributed by atoms with Crippen LogP contribution in [0.15, 0.2) is 58.6 Å². The highest BCUT2D eigenvalue weighted by Gasteiger charge is 2.22. The Morgan fingerprint density at radius 3 is 2.11 bits per heavy atom. The molecule has 0 spiro atoms. The van der Waals surface area contributed by atoms with Gasteiger partial charge < -0.3 is 19.7 Å². The quantitative estimate of drug-likeness (QED) is 0.353. The molecule has 9 heteroatoms. The van der Waals surface area contributed by atoms with Crippen LogP contribution in [0.5, 0.6) is 5.75 Å². The number of nitrogens with zero attached hydrogens (tertiary/aromatic N) is 3. The third-order valence-electron chi connectivity index (χ3n) is 4.55. The lowest BCUT2D eigenvalue weighted by Crippen LogP contribution is -2.49. The SMILES string of the molecule is COc1ccc(/C(=N\O)N2CCN(c3ccc(S(N)(=O)=O)cc3)CC2)cc1. The van der Waals surface area contributed by atoms with E-state index in [4.69, 9.17) is 9.88 Å². The number of methoxy groups -OCH3 is 1. The monoisotopic (exact) mass is 390 g/mol. The van der Waals surface area contributed by atoms with Crippen molar-refractivity contribution in [1.82, 2.24) is 4.90 Å². The first kappa shape index (κ1) is 19.0. The van der Waals surface area contributed by atoms with Gasteiger partial charge in [0.2, 0.25) is 10.0 Å². The smallest absolute Gasteiger partial charge is 0.238 e. The molecule has 0 radical (unpaired) electrons. The van der Waals surface area contributed by atoms with Gasteiger partial charge in [-0.05, 0) is 48.5 Å². The zero-order valence-electron chi connectivity index (χ0n) is 14.9. The molecule has 27 heavy (non-hydrogen) atoms. The molecule has 0 bridgehead atoms. The highest BCUT2D eigenvalue weighted by Crippen LogP contribution is 2.20. The zero-order chi connectivity index (χ0) is 19.4. The summed E-state index contributed by atoms with van der Waals surface area (Å²) in [6.45, 7) is 2.76. The number of oxime groups is 1. The van der Waals surface area contributed by atoms with Crippen LogP contribution >= 0.6 is 0 Å². The lowest BCUT2D eigenvalue weighted by atomic mass is 10.1. The third-order valence-corrected chi connectivity index (χ3v) is 5.48. The summed E-state index contributed by atoms with van der Waals surface area (Å²) in [5.74, 6) is 1.26. The number of primary sulfonamides is 1. The van der Waals surface area contributed by atoms with Gasteiger partial charge in [0.15, 0.2) is 5.84 Å². The lowest BCUT2D eigenvalue weighted by Gasteiger charge is -2.37. The molecule has 2 aromatic carbocycles. The van der Waals surface area contributed by atoms with Crippen LogP contribution in [0.4, 0.5) is 5.69 Å². The van der Waals surface area contributed by atoms with Gasteiger partial charge in [0.05, 0.1) is 12.0 Å². The van der Waals surface area contributed by atoms with Gasteiger partial charge in [-0.25, -0.2) is 13.6 Å². The van der Waals surface area contributed by atoms with E-state index in [2.05, 4.69) is 10.1 Å². The van der Waals surface area contributed by atoms with Crippen LogP contribution in [-0.2, 0) is 10.0 Å². The Morgan fingerprint density at radius 2 is 1.63 bits per heavy atom. The van der Waals surface area contributed by atoms with Crippen molar-refractivity contribution in [3.8, 4) is 5.75 Å². The second-order valence-electron chi connectivity index (χ2n) is 6.17. The Kier molecular flexibility index (Phi) is 5.52.